The lowest BCUT2D eigenvalue weighted by molar-refractivity contribution is -0.385. The third-order valence-electron chi connectivity index (χ3n) is 2.15. The lowest BCUT2D eigenvalue weighted by atomic mass is 10.2. The molecule has 2 aromatic rings. The van der Waals surface area contributed by atoms with E-state index in [0.717, 1.165) is 0 Å². The number of nitrogens with zero attached hydrogens (tertiary/aromatic N) is 4. The van der Waals surface area contributed by atoms with E-state index in [1.807, 2.05) is 0 Å². The van der Waals surface area contributed by atoms with Crippen molar-refractivity contribution in [3.8, 4) is 0 Å². The van der Waals surface area contributed by atoms with Crippen LogP contribution in [0.25, 0.3) is 0 Å². The maximum absolute atomic E-state index is 12.0. The Hall–Kier alpha value is -2.32. The van der Waals surface area contributed by atoms with E-state index < -0.39 is 16.5 Å². The van der Waals surface area contributed by atoms with Gasteiger partial charge in [-0.3, -0.25) is 20.2 Å². The summed E-state index contributed by atoms with van der Waals surface area (Å²) in [5.41, 5.74) is -0.840. The van der Waals surface area contributed by atoms with Crippen LogP contribution in [0.4, 0.5) is 11.6 Å². The fourth-order valence-corrected chi connectivity index (χ4v) is 1.71. The van der Waals surface area contributed by atoms with Crippen molar-refractivity contribution in [2.45, 2.75) is 0 Å². The molecule has 10 heteroatoms. The molecule has 0 aliphatic heterocycles. The monoisotopic (exact) mass is 313 g/mol. The number of aromatic nitrogens is 3. The average molecular weight is 314 g/mol. The lowest BCUT2D eigenvalue weighted by Gasteiger charge is -2.04. The van der Waals surface area contributed by atoms with Crippen LogP contribution in [0.5, 0.6) is 0 Å². The SMILES string of the molecule is O=C(Nc1nccc(Cl)n1)c1ccnc(Cl)c1[N+](=O)[O-]. The van der Waals surface area contributed by atoms with E-state index in [0.29, 0.717) is 0 Å². The number of carbonyl (C=O) groups excluding carboxylic acids is 1. The number of anilines is 1. The van der Waals surface area contributed by atoms with Crippen LogP contribution in [0.2, 0.25) is 10.3 Å². The first-order chi connectivity index (χ1) is 9.49. The van der Waals surface area contributed by atoms with Gasteiger partial charge in [0.25, 0.3) is 5.91 Å². The highest BCUT2D eigenvalue weighted by molar-refractivity contribution is 6.32. The van der Waals surface area contributed by atoms with Crippen LogP contribution in [0.15, 0.2) is 24.5 Å². The predicted octanol–water partition coefficient (Wildman–Crippen LogP) is 2.34. The second-order valence-corrected chi connectivity index (χ2v) is 4.16. The lowest BCUT2D eigenvalue weighted by Crippen LogP contribution is -2.16. The van der Waals surface area contributed by atoms with Crippen molar-refractivity contribution in [2.24, 2.45) is 0 Å². The second-order valence-electron chi connectivity index (χ2n) is 3.41. The van der Waals surface area contributed by atoms with Crippen LogP contribution in [0.1, 0.15) is 10.4 Å². The molecule has 20 heavy (non-hydrogen) atoms. The summed E-state index contributed by atoms with van der Waals surface area (Å²) in [6.07, 6.45) is 2.52. The smallest absolute Gasteiger partial charge is 0.290 e. The molecule has 0 spiro atoms. The molecule has 0 aliphatic carbocycles. The molecule has 2 rings (SSSR count). The molecule has 1 N–H and O–H groups in total. The average Bonchev–Trinajstić information content (AvgIpc) is 2.37. The molecule has 2 aromatic heterocycles. The number of nitrogens with one attached hydrogen (secondary N) is 1. The van der Waals surface area contributed by atoms with Gasteiger partial charge in [0.05, 0.1) is 4.92 Å². The van der Waals surface area contributed by atoms with Gasteiger partial charge in [-0.2, -0.15) is 0 Å². The third-order valence-corrected chi connectivity index (χ3v) is 2.64. The van der Waals surface area contributed by atoms with Gasteiger partial charge >= 0.3 is 5.69 Å². The quantitative estimate of drug-likeness (QED) is 0.403. The molecular formula is C10H5Cl2N5O3. The van der Waals surface area contributed by atoms with E-state index in [9.17, 15) is 14.9 Å². The van der Waals surface area contributed by atoms with Crippen LogP contribution >= 0.6 is 23.2 Å². The highest BCUT2D eigenvalue weighted by atomic mass is 35.5. The Labute approximate surface area is 121 Å². The van der Waals surface area contributed by atoms with Gasteiger partial charge in [0, 0.05) is 12.4 Å². The molecule has 0 fully saturated rings. The number of nitro groups is 1. The van der Waals surface area contributed by atoms with Gasteiger partial charge in [-0.25, -0.2) is 15.0 Å². The largest absolute Gasteiger partial charge is 0.319 e. The van der Waals surface area contributed by atoms with Crippen molar-refractivity contribution in [1.29, 1.82) is 0 Å². The molecule has 1 amide bonds. The molecule has 0 saturated carbocycles. The zero-order valence-electron chi connectivity index (χ0n) is 9.58. The maximum atomic E-state index is 12.0. The van der Waals surface area contributed by atoms with Crippen molar-refractivity contribution < 1.29 is 9.72 Å². The van der Waals surface area contributed by atoms with E-state index in [1.54, 1.807) is 0 Å². The number of hydrogen-bond acceptors (Lipinski definition) is 6. The molecule has 0 atom stereocenters. The predicted molar refractivity (Wildman–Crippen MR) is 70.9 cm³/mol. The number of amides is 1. The summed E-state index contributed by atoms with van der Waals surface area (Å²) < 4.78 is 0. The zero-order chi connectivity index (χ0) is 14.7. The Morgan fingerprint density at radius 3 is 2.60 bits per heavy atom. The first-order valence-electron chi connectivity index (χ1n) is 5.08. The summed E-state index contributed by atoms with van der Waals surface area (Å²) in [6, 6.07) is 2.59. The van der Waals surface area contributed by atoms with Crippen LogP contribution in [0, 0.1) is 10.1 Å². The van der Waals surface area contributed by atoms with Gasteiger partial charge in [0.15, 0.2) is 0 Å². The van der Waals surface area contributed by atoms with E-state index >= 15 is 0 Å². The molecule has 0 aliphatic rings. The number of hydrogen-bond donors (Lipinski definition) is 1. The van der Waals surface area contributed by atoms with E-state index in [4.69, 9.17) is 23.2 Å². The molecule has 0 bridgehead atoms. The van der Waals surface area contributed by atoms with E-state index in [-0.39, 0.29) is 21.8 Å². The highest BCUT2D eigenvalue weighted by Gasteiger charge is 2.25. The van der Waals surface area contributed by atoms with Crippen molar-refractivity contribution in [2.75, 3.05) is 5.32 Å². The van der Waals surface area contributed by atoms with Crippen molar-refractivity contribution in [1.82, 2.24) is 15.0 Å². The molecule has 8 nitrogen and oxygen atoms in total. The number of pyridine rings is 1. The Balaban J connectivity index is 2.35. The van der Waals surface area contributed by atoms with Crippen molar-refractivity contribution >= 4 is 40.7 Å². The van der Waals surface area contributed by atoms with Crippen LogP contribution < -0.4 is 5.32 Å². The number of carbonyl (C=O) groups is 1. The van der Waals surface area contributed by atoms with Gasteiger partial charge in [-0.05, 0) is 12.1 Å². The Bertz CT molecular complexity index is 694. The van der Waals surface area contributed by atoms with Crippen LogP contribution in [0.3, 0.4) is 0 Å². The molecular weight excluding hydrogens is 309 g/mol. The van der Waals surface area contributed by atoms with Crippen LogP contribution in [-0.2, 0) is 0 Å². The third kappa shape index (κ3) is 2.98. The molecule has 0 unspecified atom stereocenters. The summed E-state index contributed by atoms with van der Waals surface area (Å²) in [7, 11) is 0. The van der Waals surface area contributed by atoms with Crippen LogP contribution in [-0.4, -0.2) is 25.8 Å². The summed E-state index contributed by atoms with van der Waals surface area (Å²) >= 11 is 11.3. The summed E-state index contributed by atoms with van der Waals surface area (Å²) in [5, 5.41) is 12.9. The maximum Gasteiger partial charge on any atom is 0.319 e. The summed E-state index contributed by atoms with van der Waals surface area (Å²) in [6.45, 7) is 0. The normalized spacial score (nSPS) is 10.1. The summed E-state index contributed by atoms with van der Waals surface area (Å²) in [5.74, 6) is -0.868. The number of halogens is 2. The summed E-state index contributed by atoms with van der Waals surface area (Å²) in [4.78, 5) is 33.1. The molecule has 0 radical (unpaired) electrons. The number of rotatable bonds is 3. The van der Waals surface area contributed by atoms with Gasteiger partial charge < -0.3 is 0 Å². The molecule has 102 valence electrons. The fraction of sp³-hybridized carbons (Fsp3) is 0. The van der Waals surface area contributed by atoms with Crippen molar-refractivity contribution in [3.05, 3.63) is 50.5 Å². The second kappa shape index (κ2) is 5.76. The van der Waals surface area contributed by atoms with E-state index in [2.05, 4.69) is 20.3 Å². The minimum atomic E-state index is -0.789. The van der Waals surface area contributed by atoms with Gasteiger partial charge in [0.1, 0.15) is 10.7 Å². The first-order valence-corrected chi connectivity index (χ1v) is 5.83. The van der Waals surface area contributed by atoms with Gasteiger partial charge in [-0.15, -0.1) is 0 Å². The zero-order valence-corrected chi connectivity index (χ0v) is 11.1. The Morgan fingerprint density at radius 1 is 1.25 bits per heavy atom. The topological polar surface area (TPSA) is 111 Å². The highest BCUT2D eigenvalue weighted by Crippen LogP contribution is 2.26. The molecule has 0 saturated heterocycles. The Morgan fingerprint density at radius 2 is 1.95 bits per heavy atom. The van der Waals surface area contributed by atoms with E-state index in [1.165, 1.54) is 24.5 Å². The Kier molecular flexibility index (Phi) is 4.06. The van der Waals surface area contributed by atoms with Crippen molar-refractivity contribution in [3.63, 3.8) is 0 Å². The van der Waals surface area contributed by atoms with Gasteiger partial charge in [0.2, 0.25) is 11.1 Å². The first kappa shape index (κ1) is 14.1. The molecule has 0 aromatic carbocycles. The molecule has 2 heterocycles. The standard InChI is InChI=1S/C10H5Cl2N5O3/c11-6-2-4-14-10(15-6)16-9(18)5-1-3-13-8(12)7(5)17(19)20/h1-4H,(H,14,15,16,18). The van der Waals surface area contributed by atoms with Gasteiger partial charge in [-0.1, -0.05) is 23.2 Å². The minimum absolute atomic E-state index is 0.0790. The fourth-order valence-electron chi connectivity index (χ4n) is 1.35. The minimum Gasteiger partial charge on any atom is -0.290 e.